The zero-order valence-corrected chi connectivity index (χ0v) is 20.8. The Morgan fingerprint density at radius 2 is 1.75 bits per heavy atom. The SMILES string of the molecule is Cc1cc(=O)nc2c(C#N)c(-c3cccc(Cl)c3)cc(-c3ccc(N=NN4CCN(C)CC4)cc3)n12. The Morgan fingerprint density at radius 3 is 2.44 bits per heavy atom. The third-order valence-corrected chi connectivity index (χ3v) is 6.54. The topological polar surface area (TPSA) is 89.4 Å². The molecular formula is C27H24ClN7O. The number of hydrogen-bond acceptors (Lipinski definition) is 6. The average Bonchev–Trinajstić information content (AvgIpc) is 2.87. The summed E-state index contributed by atoms with van der Waals surface area (Å²) in [5, 5.41) is 21.4. The van der Waals surface area contributed by atoms with E-state index in [1.165, 1.54) is 6.07 Å². The van der Waals surface area contributed by atoms with Gasteiger partial charge in [0.1, 0.15) is 11.6 Å². The second-order valence-corrected chi connectivity index (χ2v) is 9.26. The third kappa shape index (κ3) is 4.71. The summed E-state index contributed by atoms with van der Waals surface area (Å²) in [7, 11) is 2.10. The number of halogens is 1. The fourth-order valence-electron chi connectivity index (χ4n) is 4.37. The number of pyridine rings is 1. The van der Waals surface area contributed by atoms with Crippen molar-refractivity contribution in [1.29, 1.82) is 5.26 Å². The Hall–Kier alpha value is -4.06. The van der Waals surface area contributed by atoms with E-state index in [0.29, 0.717) is 27.5 Å². The van der Waals surface area contributed by atoms with Crippen LogP contribution in [0.2, 0.25) is 5.02 Å². The van der Waals surface area contributed by atoms with Crippen LogP contribution < -0.4 is 5.56 Å². The van der Waals surface area contributed by atoms with E-state index in [0.717, 1.165) is 48.7 Å². The molecule has 0 aliphatic carbocycles. The highest BCUT2D eigenvalue weighted by Gasteiger charge is 2.18. The molecule has 9 heteroatoms. The quantitative estimate of drug-likeness (QED) is 0.365. The van der Waals surface area contributed by atoms with E-state index in [9.17, 15) is 10.1 Å². The number of nitrogens with zero attached hydrogens (tertiary/aromatic N) is 7. The van der Waals surface area contributed by atoms with Crippen LogP contribution in [-0.4, -0.2) is 52.5 Å². The van der Waals surface area contributed by atoms with E-state index < -0.39 is 5.56 Å². The largest absolute Gasteiger partial charge is 0.303 e. The lowest BCUT2D eigenvalue weighted by Crippen LogP contribution is -2.41. The molecule has 36 heavy (non-hydrogen) atoms. The minimum Gasteiger partial charge on any atom is -0.303 e. The molecule has 0 N–H and O–H groups in total. The van der Waals surface area contributed by atoms with Gasteiger partial charge < -0.3 is 4.90 Å². The van der Waals surface area contributed by atoms with Crippen molar-refractivity contribution in [3.8, 4) is 28.5 Å². The van der Waals surface area contributed by atoms with Gasteiger partial charge in [-0.3, -0.25) is 14.2 Å². The van der Waals surface area contributed by atoms with Crippen LogP contribution in [-0.2, 0) is 0 Å². The van der Waals surface area contributed by atoms with Gasteiger partial charge >= 0.3 is 0 Å². The highest BCUT2D eigenvalue weighted by molar-refractivity contribution is 6.30. The average molecular weight is 498 g/mol. The van der Waals surface area contributed by atoms with Crippen LogP contribution >= 0.6 is 11.6 Å². The molecule has 2 aromatic heterocycles. The molecule has 0 spiro atoms. The molecule has 2 aromatic carbocycles. The van der Waals surface area contributed by atoms with Gasteiger partial charge in [0, 0.05) is 35.4 Å². The zero-order valence-electron chi connectivity index (χ0n) is 20.0. The highest BCUT2D eigenvalue weighted by atomic mass is 35.5. The van der Waals surface area contributed by atoms with E-state index in [4.69, 9.17) is 11.6 Å². The van der Waals surface area contributed by atoms with Crippen molar-refractivity contribution in [3.63, 3.8) is 0 Å². The summed E-state index contributed by atoms with van der Waals surface area (Å²) in [4.78, 5) is 18.8. The van der Waals surface area contributed by atoms with Gasteiger partial charge in [0.05, 0.1) is 24.5 Å². The predicted molar refractivity (Wildman–Crippen MR) is 140 cm³/mol. The molecule has 0 unspecified atom stereocenters. The summed E-state index contributed by atoms with van der Waals surface area (Å²) < 4.78 is 1.84. The fourth-order valence-corrected chi connectivity index (χ4v) is 4.56. The van der Waals surface area contributed by atoms with E-state index >= 15 is 0 Å². The van der Waals surface area contributed by atoms with Crippen LogP contribution in [0, 0.1) is 18.3 Å². The van der Waals surface area contributed by atoms with Crippen molar-refractivity contribution in [2.45, 2.75) is 6.92 Å². The van der Waals surface area contributed by atoms with Crippen molar-refractivity contribution >= 4 is 22.9 Å². The zero-order chi connectivity index (χ0) is 25.2. The number of hydrogen-bond donors (Lipinski definition) is 0. The minimum absolute atomic E-state index is 0.314. The van der Waals surface area contributed by atoms with Crippen molar-refractivity contribution in [2.24, 2.45) is 10.3 Å². The monoisotopic (exact) mass is 497 g/mol. The lowest BCUT2D eigenvalue weighted by molar-refractivity contribution is 0.150. The van der Waals surface area contributed by atoms with Crippen LogP contribution in [0.25, 0.3) is 28.0 Å². The number of aryl methyl sites for hydroxylation is 1. The number of likely N-dealkylation sites (N-methyl/N-ethyl adjacent to an activating group) is 1. The van der Waals surface area contributed by atoms with Crippen LogP contribution in [0.4, 0.5) is 5.69 Å². The van der Waals surface area contributed by atoms with Gasteiger partial charge in [0.15, 0.2) is 5.65 Å². The van der Waals surface area contributed by atoms with Gasteiger partial charge in [-0.05, 0) is 55.4 Å². The number of piperazine rings is 1. The van der Waals surface area contributed by atoms with Gasteiger partial charge in [0.2, 0.25) is 0 Å². The van der Waals surface area contributed by atoms with Crippen molar-refractivity contribution < 1.29 is 0 Å². The van der Waals surface area contributed by atoms with Gasteiger partial charge in [-0.25, -0.2) is 0 Å². The van der Waals surface area contributed by atoms with Gasteiger partial charge in [-0.1, -0.05) is 41.1 Å². The van der Waals surface area contributed by atoms with Gasteiger partial charge in [-0.2, -0.15) is 10.2 Å². The molecule has 0 saturated carbocycles. The Kier molecular flexibility index (Phi) is 6.51. The molecule has 5 rings (SSSR count). The van der Waals surface area contributed by atoms with Crippen LogP contribution in [0.3, 0.4) is 0 Å². The molecule has 3 heterocycles. The maximum atomic E-state index is 12.3. The summed E-state index contributed by atoms with van der Waals surface area (Å²) in [6, 6.07) is 20.7. The Balaban J connectivity index is 1.61. The van der Waals surface area contributed by atoms with E-state index in [-0.39, 0.29) is 0 Å². The molecule has 0 bridgehead atoms. The molecule has 1 fully saturated rings. The summed E-state index contributed by atoms with van der Waals surface area (Å²) in [5.41, 5.74) is 4.79. The van der Waals surface area contributed by atoms with Crippen LogP contribution in [0.15, 0.2) is 75.8 Å². The summed E-state index contributed by atoms with van der Waals surface area (Å²) in [6.07, 6.45) is 0. The summed E-state index contributed by atoms with van der Waals surface area (Å²) in [5.74, 6) is 0. The predicted octanol–water partition coefficient (Wildman–Crippen LogP) is 5.11. The first-order chi connectivity index (χ1) is 17.4. The fraction of sp³-hybridized carbons (Fsp3) is 0.222. The molecule has 1 aliphatic rings. The molecular weight excluding hydrogens is 474 g/mol. The smallest absolute Gasteiger partial charge is 0.273 e. The normalized spacial score (nSPS) is 14.4. The van der Waals surface area contributed by atoms with Gasteiger partial charge in [-0.15, -0.1) is 5.11 Å². The molecule has 180 valence electrons. The first kappa shape index (κ1) is 23.7. The second kappa shape index (κ2) is 9.90. The van der Waals surface area contributed by atoms with E-state index in [2.05, 4.69) is 33.3 Å². The first-order valence-electron chi connectivity index (χ1n) is 11.6. The number of fused-ring (bicyclic) bond motifs is 1. The maximum absolute atomic E-state index is 12.3. The lowest BCUT2D eigenvalue weighted by Gasteiger charge is -2.29. The Bertz CT molecular complexity index is 1560. The summed E-state index contributed by atoms with van der Waals surface area (Å²) in [6.45, 7) is 5.47. The number of nitriles is 1. The minimum atomic E-state index is -0.391. The van der Waals surface area contributed by atoms with Gasteiger partial charge in [0.25, 0.3) is 5.56 Å². The van der Waals surface area contributed by atoms with Crippen molar-refractivity contribution in [1.82, 2.24) is 19.3 Å². The van der Waals surface area contributed by atoms with Crippen molar-refractivity contribution in [2.75, 3.05) is 33.2 Å². The third-order valence-electron chi connectivity index (χ3n) is 6.30. The standard InChI is InChI=1S/C27H24ClN7O/c1-18-14-26(36)30-27-24(17-29)23(20-4-3-5-21(28)15-20)16-25(35(18)27)19-6-8-22(9-7-19)31-32-34-12-10-33(2)11-13-34/h3-9,14-16H,10-13H2,1-2H3. The molecule has 1 aliphatic heterocycles. The van der Waals surface area contributed by atoms with Crippen LogP contribution in [0.1, 0.15) is 11.3 Å². The lowest BCUT2D eigenvalue weighted by atomic mass is 9.98. The van der Waals surface area contributed by atoms with E-state index in [1.54, 1.807) is 12.1 Å². The summed E-state index contributed by atoms with van der Waals surface area (Å²) >= 11 is 6.25. The molecule has 0 radical (unpaired) electrons. The number of aromatic nitrogens is 2. The second-order valence-electron chi connectivity index (χ2n) is 8.83. The molecule has 1 saturated heterocycles. The Labute approximate surface area is 213 Å². The number of benzene rings is 2. The van der Waals surface area contributed by atoms with Crippen LogP contribution in [0.5, 0.6) is 0 Å². The molecule has 8 nitrogen and oxygen atoms in total. The molecule has 4 aromatic rings. The Morgan fingerprint density at radius 1 is 1.00 bits per heavy atom. The number of rotatable bonds is 4. The maximum Gasteiger partial charge on any atom is 0.273 e. The van der Waals surface area contributed by atoms with Crippen molar-refractivity contribution in [3.05, 3.63) is 87.3 Å². The molecule has 0 atom stereocenters. The highest BCUT2D eigenvalue weighted by Crippen LogP contribution is 2.34. The first-order valence-corrected chi connectivity index (χ1v) is 12.0. The van der Waals surface area contributed by atoms with E-state index in [1.807, 2.05) is 58.8 Å². The molecule has 0 amide bonds.